The lowest BCUT2D eigenvalue weighted by molar-refractivity contribution is 0.0954. The number of anilines is 2. The van der Waals surface area contributed by atoms with Crippen LogP contribution in [0.4, 0.5) is 28.9 Å². The number of fused-ring (bicyclic) bond motifs is 1. The Balaban J connectivity index is 1.41. The molecular weight excluding hydrogens is 459 g/mol. The van der Waals surface area contributed by atoms with E-state index < -0.39 is 36.2 Å². The van der Waals surface area contributed by atoms with Gasteiger partial charge in [-0.1, -0.05) is 11.3 Å². The highest BCUT2D eigenvalue weighted by Gasteiger charge is 2.30. The van der Waals surface area contributed by atoms with Crippen LogP contribution in [0.25, 0.3) is 10.2 Å². The molecule has 0 bridgehead atoms. The Hall–Kier alpha value is -2.96. The van der Waals surface area contributed by atoms with Crippen LogP contribution in [0, 0.1) is 17.5 Å². The van der Waals surface area contributed by atoms with Gasteiger partial charge in [0.15, 0.2) is 22.6 Å². The number of nitrogens with zero attached hydrogens (tertiary/aromatic N) is 4. The van der Waals surface area contributed by atoms with Crippen molar-refractivity contribution in [2.24, 2.45) is 0 Å². The fourth-order valence-corrected chi connectivity index (χ4v) is 4.67. The zero-order chi connectivity index (χ0) is 23.7. The molecule has 1 aliphatic rings. The molecule has 2 amide bonds. The number of thiazole rings is 1. The Morgan fingerprint density at radius 3 is 2.76 bits per heavy atom. The summed E-state index contributed by atoms with van der Waals surface area (Å²) in [5.41, 5.74) is 0.460. The van der Waals surface area contributed by atoms with Crippen LogP contribution in [0.1, 0.15) is 12.5 Å². The van der Waals surface area contributed by atoms with Gasteiger partial charge in [-0.25, -0.2) is 27.9 Å². The molecule has 2 aromatic heterocycles. The van der Waals surface area contributed by atoms with E-state index in [1.165, 1.54) is 12.3 Å². The molecule has 0 aliphatic carbocycles. The van der Waals surface area contributed by atoms with E-state index >= 15 is 0 Å². The quantitative estimate of drug-likeness (QED) is 0.518. The average molecular weight is 482 g/mol. The fraction of sp³-hybridized carbons (Fsp3) is 0.381. The Bertz CT molecular complexity index is 1180. The molecule has 3 N–H and O–H groups in total. The van der Waals surface area contributed by atoms with E-state index in [9.17, 15) is 23.1 Å². The number of aliphatic hydroxyl groups is 2. The van der Waals surface area contributed by atoms with E-state index in [0.29, 0.717) is 18.7 Å². The SMILES string of the molecule is CC1CN(c2ncc(CC(O)CO)cc2F)CCN1C(=O)Nc1nc2c(F)cc(F)cc2s1. The van der Waals surface area contributed by atoms with E-state index in [2.05, 4.69) is 15.3 Å². The number of urea groups is 1. The number of aliphatic hydroxyl groups excluding tert-OH is 2. The normalized spacial score (nSPS) is 17.5. The van der Waals surface area contributed by atoms with Crippen LogP contribution in [0.15, 0.2) is 24.4 Å². The highest BCUT2D eigenvalue weighted by molar-refractivity contribution is 7.22. The second kappa shape index (κ2) is 9.49. The zero-order valence-corrected chi connectivity index (χ0v) is 18.4. The molecule has 1 fully saturated rings. The molecule has 4 rings (SSSR count). The van der Waals surface area contributed by atoms with Crippen LogP contribution >= 0.6 is 11.3 Å². The van der Waals surface area contributed by atoms with Gasteiger partial charge < -0.3 is 20.0 Å². The van der Waals surface area contributed by atoms with Crippen molar-refractivity contribution >= 4 is 38.5 Å². The Morgan fingerprint density at radius 2 is 2.06 bits per heavy atom. The molecule has 0 spiro atoms. The molecule has 176 valence electrons. The first-order valence-electron chi connectivity index (χ1n) is 10.3. The summed E-state index contributed by atoms with van der Waals surface area (Å²) in [5, 5.41) is 21.2. The van der Waals surface area contributed by atoms with Gasteiger partial charge >= 0.3 is 6.03 Å². The number of hydrogen-bond acceptors (Lipinski definition) is 7. The number of amides is 2. The summed E-state index contributed by atoms with van der Waals surface area (Å²) in [7, 11) is 0. The van der Waals surface area contributed by atoms with E-state index in [1.54, 1.807) is 9.80 Å². The third kappa shape index (κ3) is 5.02. The van der Waals surface area contributed by atoms with E-state index in [-0.39, 0.29) is 40.2 Å². The van der Waals surface area contributed by atoms with Gasteiger partial charge in [-0.3, -0.25) is 5.32 Å². The highest BCUT2D eigenvalue weighted by Crippen LogP contribution is 2.29. The van der Waals surface area contributed by atoms with Crippen LogP contribution < -0.4 is 10.2 Å². The fourth-order valence-electron chi connectivity index (χ4n) is 3.78. The van der Waals surface area contributed by atoms with Gasteiger partial charge in [0.05, 0.1) is 17.4 Å². The van der Waals surface area contributed by atoms with Crippen molar-refractivity contribution < 1.29 is 28.2 Å². The molecule has 2 atom stereocenters. The molecule has 0 radical (unpaired) electrons. The van der Waals surface area contributed by atoms with Crippen molar-refractivity contribution in [3.05, 3.63) is 47.4 Å². The van der Waals surface area contributed by atoms with E-state index in [1.807, 2.05) is 6.92 Å². The maximum absolute atomic E-state index is 14.6. The van der Waals surface area contributed by atoms with Gasteiger partial charge in [0.25, 0.3) is 0 Å². The van der Waals surface area contributed by atoms with Gasteiger partial charge in [-0.2, -0.15) is 0 Å². The van der Waals surface area contributed by atoms with E-state index in [4.69, 9.17) is 5.11 Å². The summed E-state index contributed by atoms with van der Waals surface area (Å²) >= 11 is 0.972. The van der Waals surface area contributed by atoms with Crippen LogP contribution in [-0.2, 0) is 6.42 Å². The highest BCUT2D eigenvalue weighted by atomic mass is 32.1. The number of pyridine rings is 1. The molecule has 33 heavy (non-hydrogen) atoms. The monoisotopic (exact) mass is 481 g/mol. The molecule has 1 saturated heterocycles. The Labute approximate surface area is 191 Å². The summed E-state index contributed by atoms with van der Waals surface area (Å²) in [6, 6.07) is 2.44. The van der Waals surface area contributed by atoms with Gasteiger partial charge in [-0.15, -0.1) is 0 Å². The van der Waals surface area contributed by atoms with Crippen LogP contribution in [0.2, 0.25) is 0 Å². The zero-order valence-electron chi connectivity index (χ0n) is 17.6. The average Bonchev–Trinajstić information content (AvgIpc) is 3.16. The van der Waals surface area contributed by atoms with Crippen molar-refractivity contribution in [3.63, 3.8) is 0 Å². The number of rotatable bonds is 5. The molecule has 3 heterocycles. The third-order valence-electron chi connectivity index (χ3n) is 5.38. The van der Waals surface area contributed by atoms with Crippen molar-refractivity contribution in [3.8, 4) is 0 Å². The summed E-state index contributed by atoms with van der Waals surface area (Å²) in [4.78, 5) is 24.2. The lowest BCUT2D eigenvalue weighted by Gasteiger charge is -2.40. The molecule has 0 saturated carbocycles. The second-order valence-corrected chi connectivity index (χ2v) is 8.89. The lowest BCUT2D eigenvalue weighted by atomic mass is 10.1. The smallest absolute Gasteiger partial charge is 0.324 e. The molecule has 1 aliphatic heterocycles. The predicted octanol–water partition coefficient (Wildman–Crippen LogP) is 2.75. The van der Waals surface area contributed by atoms with Crippen molar-refractivity contribution in [2.75, 3.05) is 36.5 Å². The maximum atomic E-state index is 14.6. The van der Waals surface area contributed by atoms with Crippen LogP contribution in [0.5, 0.6) is 0 Å². The first-order chi connectivity index (χ1) is 15.7. The largest absolute Gasteiger partial charge is 0.394 e. The van der Waals surface area contributed by atoms with Gasteiger partial charge in [0, 0.05) is 44.4 Å². The Kier molecular flexibility index (Phi) is 6.68. The van der Waals surface area contributed by atoms with E-state index in [0.717, 1.165) is 23.5 Å². The lowest BCUT2D eigenvalue weighted by Crippen LogP contribution is -2.55. The van der Waals surface area contributed by atoms with Crippen molar-refractivity contribution in [1.82, 2.24) is 14.9 Å². The van der Waals surface area contributed by atoms with Crippen LogP contribution in [0.3, 0.4) is 0 Å². The molecule has 3 aromatic rings. The van der Waals surface area contributed by atoms with Gasteiger partial charge in [-0.05, 0) is 24.6 Å². The van der Waals surface area contributed by atoms with Crippen molar-refractivity contribution in [2.45, 2.75) is 25.5 Å². The Morgan fingerprint density at radius 1 is 1.27 bits per heavy atom. The van der Waals surface area contributed by atoms with Crippen molar-refractivity contribution in [1.29, 1.82) is 0 Å². The molecule has 8 nitrogen and oxygen atoms in total. The number of hydrogen-bond donors (Lipinski definition) is 3. The topological polar surface area (TPSA) is 102 Å². The first kappa shape index (κ1) is 23.2. The molecule has 12 heteroatoms. The number of piperazine rings is 1. The second-order valence-electron chi connectivity index (χ2n) is 7.86. The van der Waals surface area contributed by atoms with Crippen LogP contribution in [-0.4, -0.2) is 69.5 Å². The minimum atomic E-state index is -0.981. The number of nitrogens with one attached hydrogen (secondary N) is 1. The molecular formula is C21H22F3N5O3S. The summed E-state index contributed by atoms with van der Waals surface area (Å²) in [5.74, 6) is -1.92. The standard InChI is InChI=1S/C21H22F3N5O3S/c1-11-9-28(19-16(24)5-12(8-25-19)4-14(31)10-30)2-3-29(11)21(32)27-20-26-18-15(23)6-13(22)7-17(18)33-20/h5-8,11,14,30-31H,2-4,9-10H2,1H3,(H,26,27,32). The number of benzene rings is 1. The maximum Gasteiger partial charge on any atom is 0.324 e. The molecule has 2 unspecified atom stereocenters. The number of carbonyl (C=O) groups is 1. The predicted molar refractivity (Wildman–Crippen MR) is 118 cm³/mol. The summed E-state index contributed by atoms with van der Waals surface area (Å²) < 4.78 is 42.2. The molecule has 1 aromatic carbocycles. The minimum Gasteiger partial charge on any atom is -0.394 e. The minimum absolute atomic E-state index is 0.00827. The van der Waals surface area contributed by atoms with Gasteiger partial charge in [0.2, 0.25) is 0 Å². The number of aromatic nitrogens is 2. The number of carbonyl (C=O) groups excluding carboxylic acids is 1. The first-order valence-corrected chi connectivity index (χ1v) is 11.1. The summed E-state index contributed by atoms with van der Waals surface area (Å²) in [6.45, 7) is 2.33. The third-order valence-corrected chi connectivity index (χ3v) is 6.29. The summed E-state index contributed by atoms with van der Waals surface area (Å²) in [6.07, 6.45) is 0.564. The van der Waals surface area contributed by atoms with Gasteiger partial charge in [0.1, 0.15) is 11.3 Å². The number of halogens is 3.